The van der Waals surface area contributed by atoms with Crippen molar-refractivity contribution in [3.63, 3.8) is 0 Å². The van der Waals surface area contributed by atoms with E-state index in [0.29, 0.717) is 5.69 Å². The average molecular weight is 265 g/mol. The molecule has 5 nitrogen and oxygen atoms in total. The summed E-state index contributed by atoms with van der Waals surface area (Å²) in [6.45, 7) is 3.86. The largest absolute Gasteiger partial charge is 0.368 e. The van der Waals surface area contributed by atoms with Crippen LogP contribution in [0.1, 0.15) is 5.69 Å². The van der Waals surface area contributed by atoms with Crippen molar-refractivity contribution >= 4 is 11.4 Å². The number of nitriles is 1. The molecule has 5 heteroatoms. The third kappa shape index (κ3) is 2.54. The van der Waals surface area contributed by atoms with Crippen LogP contribution in [0, 0.1) is 11.3 Å². The second kappa shape index (κ2) is 5.57. The number of hydrogen-bond donors (Lipinski definition) is 0. The predicted molar refractivity (Wildman–Crippen MR) is 77.6 cm³/mol. The van der Waals surface area contributed by atoms with Crippen LogP contribution in [0.25, 0.3) is 0 Å². The van der Waals surface area contributed by atoms with E-state index < -0.39 is 0 Å². The zero-order valence-electron chi connectivity index (χ0n) is 11.1. The predicted octanol–water partition coefficient (Wildman–Crippen LogP) is 1.67. The van der Waals surface area contributed by atoms with Crippen LogP contribution in [0.2, 0.25) is 0 Å². The maximum absolute atomic E-state index is 8.76. The molecule has 0 unspecified atom stereocenters. The number of aromatic nitrogens is 2. The van der Waals surface area contributed by atoms with Gasteiger partial charge in [0.15, 0.2) is 0 Å². The molecule has 0 spiro atoms. The second-order valence-corrected chi connectivity index (χ2v) is 4.69. The Labute approximate surface area is 118 Å². The Morgan fingerprint density at radius 3 is 2.10 bits per heavy atom. The van der Waals surface area contributed by atoms with Crippen LogP contribution in [0.4, 0.5) is 11.4 Å². The van der Waals surface area contributed by atoms with E-state index in [1.165, 1.54) is 5.69 Å². The summed E-state index contributed by atoms with van der Waals surface area (Å²) >= 11 is 0. The smallest absolute Gasteiger partial charge is 0.140 e. The molecule has 0 aromatic carbocycles. The van der Waals surface area contributed by atoms with Gasteiger partial charge in [0.1, 0.15) is 11.8 Å². The topological polar surface area (TPSA) is 56.1 Å². The highest BCUT2D eigenvalue weighted by Crippen LogP contribution is 2.19. The number of piperazine rings is 1. The molecule has 2 aromatic rings. The van der Waals surface area contributed by atoms with E-state index in [-0.39, 0.29) is 0 Å². The summed E-state index contributed by atoms with van der Waals surface area (Å²) in [5, 5.41) is 8.76. The summed E-state index contributed by atoms with van der Waals surface area (Å²) in [4.78, 5) is 12.8. The van der Waals surface area contributed by atoms with E-state index in [1.807, 2.05) is 36.7 Å². The van der Waals surface area contributed by atoms with Gasteiger partial charge >= 0.3 is 0 Å². The molecule has 0 atom stereocenters. The Hall–Kier alpha value is -2.61. The molecule has 100 valence electrons. The number of nitrogens with zero attached hydrogens (tertiary/aromatic N) is 5. The molecule has 1 saturated heterocycles. The van der Waals surface area contributed by atoms with Gasteiger partial charge in [-0.25, -0.2) is 4.98 Å². The third-order valence-corrected chi connectivity index (χ3v) is 3.54. The molecular weight excluding hydrogens is 250 g/mol. The Morgan fingerprint density at radius 2 is 1.55 bits per heavy atom. The maximum atomic E-state index is 8.76. The van der Waals surface area contributed by atoms with Gasteiger partial charge in [0.25, 0.3) is 0 Å². The van der Waals surface area contributed by atoms with Crippen molar-refractivity contribution in [2.45, 2.75) is 0 Å². The zero-order valence-corrected chi connectivity index (χ0v) is 11.1. The van der Waals surface area contributed by atoms with Crippen LogP contribution >= 0.6 is 0 Å². The lowest BCUT2D eigenvalue weighted by molar-refractivity contribution is 0.652. The fourth-order valence-corrected chi connectivity index (χ4v) is 2.42. The highest BCUT2D eigenvalue weighted by molar-refractivity contribution is 5.50. The molecule has 20 heavy (non-hydrogen) atoms. The first-order chi connectivity index (χ1) is 9.86. The number of anilines is 2. The minimum absolute atomic E-state index is 0.462. The lowest BCUT2D eigenvalue weighted by Gasteiger charge is -2.37. The first kappa shape index (κ1) is 12.4. The second-order valence-electron chi connectivity index (χ2n) is 4.69. The molecule has 2 aromatic heterocycles. The van der Waals surface area contributed by atoms with Gasteiger partial charge in [-0.15, -0.1) is 0 Å². The van der Waals surface area contributed by atoms with Gasteiger partial charge < -0.3 is 9.80 Å². The monoisotopic (exact) mass is 265 g/mol. The van der Waals surface area contributed by atoms with Crippen molar-refractivity contribution < 1.29 is 0 Å². The lowest BCUT2D eigenvalue weighted by atomic mass is 10.2. The number of hydrogen-bond acceptors (Lipinski definition) is 5. The zero-order chi connectivity index (χ0) is 13.8. The average Bonchev–Trinajstić information content (AvgIpc) is 2.56. The van der Waals surface area contributed by atoms with Gasteiger partial charge in [-0.2, -0.15) is 5.26 Å². The van der Waals surface area contributed by atoms with Crippen LogP contribution in [0.5, 0.6) is 0 Å². The normalized spacial score (nSPS) is 14.9. The Morgan fingerprint density at radius 1 is 0.900 bits per heavy atom. The van der Waals surface area contributed by atoms with Crippen molar-refractivity contribution in [2.24, 2.45) is 0 Å². The fourth-order valence-electron chi connectivity index (χ4n) is 2.42. The molecule has 0 aliphatic carbocycles. The van der Waals surface area contributed by atoms with Crippen LogP contribution in [0.3, 0.4) is 0 Å². The van der Waals surface area contributed by atoms with Crippen molar-refractivity contribution in [3.05, 3.63) is 48.5 Å². The van der Waals surface area contributed by atoms with Gasteiger partial charge in [-0.05, 0) is 24.3 Å². The van der Waals surface area contributed by atoms with Crippen LogP contribution < -0.4 is 9.80 Å². The highest BCUT2D eigenvalue weighted by atomic mass is 15.3. The van der Waals surface area contributed by atoms with Crippen LogP contribution in [0.15, 0.2) is 42.9 Å². The van der Waals surface area contributed by atoms with Crippen LogP contribution in [-0.4, -0.2) is 36.1 Å². The van der Waals surface area contributed by atoms with Crippen LogP contribution in [-0.2, 0) is 0 Å². The molecule has 0 radical (unpaired) electrons. The summed E-state index contributed by atoms with van der Waals surface area (Å²) < 4.78 is 0. The standard InChI is InChI=1S/C15H15N5/c16-11-13-1-2-15(12-18-13)20-9-7-19(8-10-20)14-3-5-17-6-4-14/h1-6,12H,7-10H2. The van der Waals surface area contributed by atoms with Crippen molar-refractivity contribution in [2.75, 3.05) is 36.0 Å². The molecule has 0 saturated carbocycles. The van der Waals surface area contributed by atoms with Gasteiger partial charge in [-0.3, -0.25) is 4.98 Å². The van der Waals surface area contributed by atoms with Gasteiger partial charge in [0.2, 0.25) is 0 Å². The fraction of sp³-hybridized carbons (Fsp3) is 0.267. The van der Waals surface area contributed by atoms with Crippen molar-refractivity contribution in [1.29, 1.82) is 5.26 Å². The number of rotatable bonds is 2. The quantitative estimate of drug-likeness (QED) is 0.826. The van der Waals surface area contributed by atoms with E-state index in [4.69, 9.17) is 5.26 Å². The Kier molecular flexibility index (Phi) is 3.46. The van der Waals surface area contributed by atoms with E-state index in [0.717, 1.165) is 31.9 Å². The first-order valence-electron chi connectivity index (χ1n) is 6.63. The minimum atomic E-state index is 0.462. The van der Waals surface area contributed by atoms with Crippen molar-refractivity contribution in [1.82, 2.24) is 9.97 Å². The minimum Gasteiger partial charge on any atom is -0.368 e. The molecular formula is C15H15N5. The van der Waals surface area contributed by atoms with E-state index in [2.05, 4.69) is 19.8 Å². The molecule has 1 fully saturated rings. The van der Waals surface area contributed by atoms with E-state index >= 15 is 0 Å². The molecule has 0 N–H and O–H groups in total. The van der Waals surface area contributed by atoms with Crippen molar-refractivity contribution in [3.8, 4) is 6.07 Å². The van der Waals surface area contributed by atoms with E-state index in [1.54, 1.807) is 12.3 Å². The molecule has 1 aliphatic rings. The molecule has 1 aliphatic heterocycles. The summed E-state index contributed by atoms with van der Waals surface area (Å²) in [5.41, 5.74) is 2.76. The molecule has 3 heterocycles. The first-order valence-corrected chi connectivity index (χ1v) is 6.63. The molecule has 0 amide bonds. The molecule has 0 bridgehead atoms. The summed E-state index contributed by atoms with van der Waals surface area (Å²) in [6.07, 6.45) is 5.43. The summed E-state index contributed by atoms with van der Waals surface area (Å²) in [5.74, 6) is 0. The van der Waals surface area contributed by atoms with Gasteiger partial charge in [0, 0.05) is 44.3 Å². The SMILES string of the molecule is N#Cc1ccc(N2CCN(c3ccncc3)CC2)cn1. The van der Waals surface area contributed by atoms with Gasteiger partial charge in [-0.1, -0.05) is 0 Å². The Balaban J connectivity index is 1.65. The molecule has 3 rings (SSSR count). The van der Waals surface area contributed by atoms with Gasteiger partial charge in [0.05, 0.1) is 11.9 Å². The third-order valence-electron chi connectivity index (χ3n) is 3.54. The highest BCUT2D eigenvalue weighted by Gasteiger charge is 2.17. The van der Waals surface area contributed by atoms with E-state index in [9.17, 15) is 0 Å². The lowest BCUT2D eigenvalue weighted by Crippen LogP contribution is -2.46. The Bertz CT molecular complexity index is 594. The maximum Gasteiger partial charge on any atom is 0.140 e. The number of pyridine rings is 2. The summed E-state index contributed by atoms with van der Waals surface area (Å²) in [7, 11) is 0. The summed E-state index contributed by atoms with van der Waals surface area (Å²) in [6, 6.07) is 9.86.